The zero-order chi connectivity index (χ0) is 10.4. The standard InChI is InChI=1S/C10H15N3OS/c1-6-8(4-5-14-6)9-11-12-10(15)13(9)7-2-3-7/h6-8H,2-5H2,1H3,(H,12,15). The Morgan fingerprint density at radius 2 is 2.27 bits per heavy atom. The molecule has 0 radical (unpaired) electrons. The first-order chi connectivity index (χ1) is 7.27. The van der Waals surface area contributed by atoms with E-state index < -0.39 is 0 Å². The SMILES string of the molecule is CC1OCCC1c1n[nH]c(=S)n1C1CC1. The number of hydrogen-bond donors (Lipinski definition) is 1. The first-order valence-corrected chi connectivity index (χ1v) is 5.96. The van der Waals surface area contributed by atoms with E-state index >= 15 is 0 Å². The van der Waals surface area contributed by atoms with E-state index in [0.717, 1.165) is 23.6 Å². The number of hydrogen-bond acceptors (Lipinski definition) is 3. The summed E-state index contributed by atoms with van der Waals surface area (Å²) in [5.74, 6) is 1.52. The first-order valence-electron chi connectivity index (χ1n) is 5.56. The van der Waals surface area contributed by atoms with Gasteiger partial charge in [-0.05, 0) is 38.4 Å². The topological polar surface area (TPSA) is 42.8 Å². The van der Waals surface area contributed by atoms with Crippen molar-refractivity contribution < 1.29 is 4.74 Å². The molecule has 1 aromatic rings. The summed E-state index contributed by atoms with van der Waals surface area (Å²) in [6.45, 7) is 2.96. The van der Waals surface area contributed by atoms with Crippen molar-refractivity contribution in [2.45, 2.75) is 44.2 Å². The Labute approximate surface area is 93.6 Å². The number of ether oxygens (including phenoxy) is 1. The quantitative estimate of drug-likeness (QED) is 0.784. The van der Waals surface area contributed by atoms with Crippen molar-refractivity contribution >= 4 is 12.2 Å². The molecule has 1 N–H and O–H groups in total. The van der Waals surface area contributed by atoms with Gasteiger partial charge in [0.2, 0.25) is 0 Å². The fourth-order valence-electron chi connectivity index (χ4n) is 2.33. The van der Waals surface area contributed by atoms with Crippen molar-refractivity contribution in [2.24, 2.45) is 0 Å². The average Bonchev–Trinajstić information content (AvgIpc) is 2.85. The van der Waals surface area contributed by atoms with Gasteiger partial charge < -0.3 is 9.30 Å². The number of aromatic nitrogens is 3. The molecule has 2 aliphatic rings. The van der Waals surface area contributed by atoms with Gasteiger partial charge in [-0.2, -0.15) is 5.10 Å². The van der Waals surface area contributed by atoms with Gasteiger partial charge in [-0.25, -0.2) is 0 Å². The molecule has 2 atom stereocenters. The fourth-order valence-corrected chi connectivity index (χ4v) is 2.62. The molecule has 2 unspecified atom stereocenters. The van der Waals surface area contributed by atoms with E-state index in [0.29, 0.717) is 12.0 Å². The molecule has 1 saturated heterocycles. The summed E-state index contributed by atoms with van der Waals surface area (Å²) in [4.78, 5) is 0. The van der Waals surface area contributed by atoms with Crippen LogP contribution in [0.4, 0.5) is 0 Å². The zero-order valence-corrected chi connectivity index (χ0v) is 9.59. The van der Waals surface area contributed by atoms with Crippen LogP contribution >= 0.6 is 12.2 Å². The zero-order valence-electron chi connectivity index (χ0n) is 8.77. The van der Waals surface area contributed by atoms with Crippen molar-refractivity contribution in [1.29, 1.82) is 0 Å². The number of H-pyrrole nitrogens is 1. The van der Waals surface area contributed by atoms with Crippen LogP contribution in [0.2, 0.25) is 0 Å². The van der Waals surface area contributed by atoms with Gasteiger partial charge in [0, 0.05) is 18.6 Å². The van der Waals surface area contributed by atoms with E-state index in [9.17, 15) is 0 Å². The minimum atomic E-state index is 0.271. The van der Waals surface area contributed by atoms with Gasteiger partial charge in [-0.15, -0.1) is 0 Å². The number of aromatic amines is 1. The average molecular weight is 225 g/mol. The first kappa shape index (κ1) is 9.54. The van der Waals surface area contributed by atoms with Crippen molar-refractivity contribution in [3.8, 4) is 0 Å². The minimum absolute atomic E-state index is 0.271. The highest BCUT2D eigenvalue weighted by atomic mass is 32.1. The summed E-state index contributed by atoms with van der Waals surface area (Å²) in [5.41, 5.74) is 0. The van der Waals surface area contributed by atoms with E-state index in [1.807, 2.05) is 0 Å². The third kappa shape index (κ3) is 1.54. The highest BCUT2D eigenvalue weighted by Crippen LogP contribution is 2.39. The molecule has 0 aromatic carbocycles. The third-order valence-electron chi connectivity index (χ3n) is 3.35. The molecule has 15 heavy (non-hydrogen) atoms. The van der Waals surface area contributed by atoms with Crippen LogP contribution in [-0.2, 0) is 4.74 Å². The van der Waals surface area contributed by atoms with E-state index in [1.54, 1.807) is 0 Å². The van der Waals surface area contributed by atoms with Crippen LogP contribution in [0.1, 0.15) is 44.0 Å². The molecular weight excluding hydrogens is 210 g/mol. The summed E-state index contributed by atoms with van der Waals surface area (Å²) >= 11 is 5.27. The Morgan fingerprint density at radius 1 is 1.47 bits per heavy atom. The second kappa shape index (κ2) is 3.42. The maximum Gasteiger partial charge on any atom is 0.195 e. The second-order valence-corrected chi connectivity index (χ2v) is 4.85. The van der Waals surface area contributed by atoms with Crippen molar-refractivity contribution in [1.82, 2.24) is 14.8 Å². The van der Waals surface area contributed by atoms with Crippen LogP contribution in [0.25, 0.3) is 0 Å². The predicted octanol–water partition coefficient (Wildman–Crippen LogP) is 2.17. The highest BCUT2D eigenvalue weighted by molar-refractivity contribution is 7.71. The van der Waals surface area contributed by atoms with Gasteiger partial charge in [0.25, 0.3) is 0 Å². The third-order valence-corrected chi connectivity index (χ3v) is 3.64. The van der Waals surface area contributed by atoms with Crippen LogP contribution in [0.5, 0.6) is 0 Å². The lowest BCUT2D eigenvalue weighted by Crippen LogP contribution is -2.15. The molecule has 0 spiro atoms. The lowest BCUT2D eigenvalue weighted by molar-refractivity contribution is 0.116. The van der Waals surface area contributed by atoms with Crippen molar-refractivity contribution in [3.05, 3.63) is 10.6 Å². The van der Waals surface area contributed by atoms with E-state index in [2.05, 4.69) is 21.7 Å². The molecule has 82 valence electrons. The Balaban J connectivity index is 2.00. The van der Waals surface area contributed by atoms with Gasteiger partial charge in [0.15, 0.2) is 4.77 Å². The number of nitrogens with zero attached hydrogens (tertiary/aromatic N) is 2. The molecule has 0 bridgehead atoms. The summed E-state index contributed by atoms with van der Waals surface area (Å²) in [7, 11) is 0. The van der Waals surface area contributed by atoms with Crippen LogP contribution in [0.3, 0.4) is 0 Å². The van der Waals surface area contributed by atoms with E-state index in [4.69, 9.17) is 17.0 Å². The molecule has 1 saturated carbocycles. The van der Waals surface area contributed by atoms with Crippen LogP contribution in [-0.4, -0.2) is 27.5 Å². The fraction of sp³-hybridized carbons (Fsp3) is 0.800. The largest absolute Gasteiger partial charge is 0.378 e. The molecular formula is C10H15N3OS. The van der Waals surface area contributed by atoms with Gasteiger partial charge in [0.1, 0.15) is 5.82 Å². The van der Waals surface area contributed by atoms with Gasteiger partial charge in [-0.1, -0.05) is 0 Å². The lowest BCUT2D eigenvalue weighted by Gasteiger charge is -2.14. The Kier molecular flexibility index (Phi) is 2.17. The normalized spacial score (nSPS) is 31.0. The van der Waals surface area contributed by atoms with Crippen LogP contribution in [0, 0.1) is 4.77 Å². The van der Waals surface area contributed by atoms with Gasteiger partial charge in [0.05, 0.1) is 6.10 Å². The number of rotatable bonds is 2. The lowest BCUT2D eigenvalue weighted by atomic mass is 10.0. The Hall–Kier alpha value is -0.680. The molecule has 1 aliphatic carbocycles. The van der Waals surface area contributed by atoms with E-state index in [1.165, 1.54) is 12.8 Å². The summed E-state index contributed by atoms with van der Waals surface area (Å²) in [6.07, 6.45) is 3.81. The summed E-state index contributed by atoms with van der Waals surface area (Å²) in [5, 5.41) is 7.29. The van der Waals surface area contributed by atoms with Gasteiger partial charge >= 0.3 is 0 Å². The highest BCUT2D eigenvalue weighted by Gasteiger charge is 2.34. The Bertz CT molecular complexity index is 421. The van der Waals surface area contributed by atoms with Crippen molar-refractivity contribution in [2.75, 3.05) is 6.61 Å². The van der Waals surface area contributed by atoms with E-state index in [-0.39, 0.29) is 6.10 Å². The van der Waals surface area contributed by atoms with Crippen molar-refractivity contribution in [3.63, 3.8) is 0 Å². The maximum absolute atomic E-state index is 5.58. The predicted molar refractivity (Wildman–Crippen MR) is 58.5 cm³/mol. The van der Waals surface area contributed by atoms with Crippen LogP contribution < -0.4 is 0 Å². The minimum Gasteiger partial charge on any atom is -0.378 e. The molecule has 0 amide bonds. The second-order valence-electron chi connectivity index (χ2n) is 4.46. The molecule has 4 nitrogen and oxygen atoms in total. The molecule has 1 aliphatic heterocycles. The molecule has 2 heterocycles. The molecule has 5 heteroatoms. The van der Waals surface area contributed by atoms with Crippen LogP contribution in [0.15, 0.2) is 0 Å². The summed E-state index contributed by atoms with van der Waals surface area (Å²) in [6, 6.07) is 0.596. The Morgan fingerprint density at radius 3 is 2.87 bits per heavy atom. The molecule has 3 rings (SSSR count). The smallest absolute Gasteiger partial charge is 0.195 e. The molecule has 2 fully saturated rings. The maximum atomic E-state index is 5.58. The number of nitrogens with one attached hydrogen (secondary N) is 1. The molecule has 1 aromatic heterocycles. The monoisotopic (exact) mass is 225 g/mol. The van der Waals surface area contributed by atoms with Gasteiger partial charge in [-0.3, -0.25) is 5.10 Å². The summed E-state index contributed by atoms with van der Waals surface area (Å²) < 4.78 is 8.55.